The Morgan fingerprint density at radius 3 is 2.48 bits per heavy atom. The molecule has 1 aromatic carbocycles. The number of rotatable bonds is 6. The van der Waals surface area contributed by atoms with Crippen LogP contribution < -0.4 is 0 Å². The second-order valence-electron chi connectivity index (χ2n) is 7.23. The molecular weight excluding hydrogens is 411 g/mol. The number of ether oxygens (including phenoxy) is 1. The molecule has 2 atom stereocenters. The lowest BCUT2D eigenvalue weighted by atomic mass is 9.79. The summed E-state index contributed by atoms with van der Waals surface area (Å²) < 4.78 is 30.2. The van der Waals surface area contributed by atoms with Crippen molar-refractivity contribution in [2.75, 3.05) is 39.5 Å². The van der Waals surface area contributed by atoms with Crippen LogP contribution in [-0.2, 0) is 25.0 Å². The van der Waals surface area contributed by atoms with Crippen molar-refractivity contribution in [3.8, 4) is 0 Å². The lowest BCUT2D eigenvalue weighted by Gasteiger charge is -2.39. The Hall–Kier alpha value is -0.860. The first-order valence-corrected chi connectivity index (χ1v) is 11.3. The second-order valence-corrected chi connectivity index (χ2v) is 9.98. The Balaban J connectivity index is 2.14. The van der Waals surface area contributed by atoms with Crippen LogP contribution in [0, 0.1) is 0 Å². The fraction of sp³-hybridized carbons (Fsp3) is 0.611. The molecule has 0 aromatic heterocycles. The fourth-order valence-corrected chi connectivity index (χ4v) is 4.95. The maximum absolute atomic E-state index is 12.5. The molecule has 0 aliphatic carbocycles. The van der Waals surface area contributed by atoms with E-state index in [-0.39, 0.29) is 12.0 Å². The van der Waals surface area contributed by atoms with E-state index in [9.17, 15) is 13.2 Å². The van der Waals surface area contributed by atoms with Crippen LogP contribution in [0.4, 0.5) is 0 Å². The van der Waals surface area contributed by atoms with E-state index in [2.05, 4.69) is 4.90 Å². The second kappa shape index (κ2) is 8.66. The van der Waals surface area contributed by atoms with E-state index in [1.54, 1.807) is 18.2 Å². The third kappa shape index (κ3) is 5.15. The highest BCUT2D eigenvalue weighted by Gasteiger charge is 2.38. The van der Waals surface area contributed by atoms with Crippen molar-refractivity contribution < 1.29 is 17.9 Å². The summed E-state index contributed by atoms with van der Waals surface area (Å²) in [5.74, 6) is -0.344. The minimum atomic E-state index is -3.21. The number of hydrogen-bond donors (Lipinski definition) is 0. The van der Waals surface area contributed by atoms with Gasteiger partial charge in [-0.15, -0.1) is 0 Å². The number of esters is 1. The lowest BCUT2D eigenvalue weighted by Crippen LogP contribution is -2.54. The van der Waals surface area contributed by atoms with Crippen molar-refractivity contribution >= 4 is 39.2 Å². The molecule has 2 rings (SSSR count). The molecule has 6 nitrogen and oxygen atoms in total. The number of halogens is 2. The number of carbonyl (C=O) groups is 1. The molecule has 1 heterocycles. The average molecular weight is 437 g/mol. The van der Waals surface area contributed by atoms with Gasteiger partial charge >= 0.3 is 5.97 Å². The molecule has 1 aliphatic rings. The van der Waals surface area contributed by atoms with Crippen molar-refractivity contribution in [3.05, 3.63) is 33.8 Å². The van der Waals surface area contributed by atoms with Crippen molar-refractivity contribution in [3.63, 3.8) is 0 Å². The molecule has 1 fully saturated rings. The molecule has 1 aromatic rings. The maximum Gasteiger partial charge on any atom is 0.316 e. The molecule has 1 aliphatic heterocycles. The molecule has 0 spiro atoms. The zero-order valence-corrected chi connectivity index (χ0v) is 18.4. The molecule has 0 bridgehead atoms. The van der Waals surface area contributed by atoms with Crippen molar-refractivity contribution in [2.45, 2.75) is 31.7 Å². The first kappa shape index (κ1) is 22.4. The summed E-state index contributed by atoms with van der Waals surface area (Å²) >= 11 is 12.1. The van der Waals surface area contributed by atoms with Crippen LogP contribution in [-0.4, -0.2) is 69.2 Å². The van der Waals surface area contributed by atoms with E-state index in [4.69, 9.17) is 27.9 Å². The number of piperazine rings is 1. The molecule has 0 amide bonds. The Morgan fingerprint density at radius 1 is 1.30 bits per heavy atom. The molecule has 152 valence electrons. The van der Waals surface area contributed by atoms with Crippen LogP contribution in [0.25, 0.3) is 0 Å². The van der Waals surface area contributed by atoms with Crippen LogP contribution >= 0.6 is 23.2 Å². The summed E-state index contributed by atoms with van der Waals surface area (Å²) in [6.07, 6.45) is 1.75. The summed E-state index contributed by atoms with van der Waals surface area (Å²) in [7, 11) is -1.84. The summed E-state index contributed by atoms with van der Waals surface area (Å²) in [6.45, 7) is 6.04. The third-order valence-electron chi connectivity index (χ3n) is 5.20. The zero-order chi connectivity index (χ0) is 20.4. The maximum atomic E-state index is 12.5. The van der Waals surface area contributed by atoms with E-state index in [0.29, 0.717) is 42.6 Å². The lowest BCUT2D eigenvalue weighted by molar-refractivity contribution is -0.147. The first-order valence-electron chi connectivity index (χ1n) is 8.72. The highest BCUT2D eigenvalue weighted by molar-refractivity contribution is 7.88. The average Bonchev–Trinajstić information content (AvgIpc) is 2.60. The number of benzene rings is 1. The van der Waals surface area contributed by atoms with E-state index < -0.39 is 15.4 Å². The topological polar surface area (TPSA) is 66.9 Å². The van der Waals surface area contributed by atoms with Gasteiger partial charge in [-0.1, -0.05) is 29.3 Å². The first-order chi connectivity index (χ1) is 12.5. The predicted molar refractivity (Wildman–Crippen MR) is 108 cm³/mol. The summed E-state index contributed by atoms with van der Waals surface area (Å²) in [5, 5.41) is 0.818. The fourth-order valence-electron chi connectivity index (χ4n) is 3.52. The van der Waals surface area contributed by atoms with Gasteiger partial charge < -0.3 is 9.64 Å². The summed E-state index contributed by atoms with van der Waals surface area (Å²) in [4.78, 5) is 14.7. The predicted octanol–water partition coefficient (Wildman–Crippen LogP) is 2.78. The summed E-state index contributed by atoms with van der Waals surface area (Å²) in [6, 6.07) is 5.05. The Labute approximate surface area is 171 Å². The number of methoxy groups -OCH3 is 1. The SMILES string of the molecule is COC(=O)C(C)(CCN1CCN(S(C)(=O)=O)C(C)C1)c1ccc(Cl)c(Cl)c1. The third-order valence-corrected chi connectivity index (χ3v) is 7.33. The highest BCUT2D eigenvalue weighted by atomic mass is 35.5. The molecule has 0 N–H and O–H groups in total. The summed E-state index contributed by atoms with van der Waals surface area (Å²) in [5.41, 5.74) is -0.133. The van der Waals surface area contributed by atoms with Gasteiger partial charge in [0, 0.05) is 25.7 Å². The Morgan fingerprint density at radius 2 is 1.96 bits per heavy atom. The van der Waals surface area contributed by atoms with E-state index in [0.717, 1.165) is 5.56 Å². The minimum absolute atomic E-state index is 0.108. The molecule has 1 saturated heterocycles. The smallest absolute Gasteiger partial charge is 0.316 e. The minimum Gasteiger partial charge on any atom is -0.468 e. The molecule has 0 radical (unpaired) electrons. The van der Waals surface area contributed by atoms with Gasteiger partial charge in [-0.2, -0.15) is 4.31 Å². The van der Waals surface area contributed by atoms with Gasteiger partial charge in [0.05, 0.1) is 28.8 Å². The van der Waals surface area contributed by atoms with Gasteiger partial charge in [0.1, 0.15) is 0 Å². The van der Waals surface area contributed by atoms with Crippen LogP contribution in [0.15, 0.2) is 18.2 Å². The van der Waals surface area contributed by atoms with E-state index >= 15 is 0 Å². The van der Waals surface area contributed by atoms with E-state index in [1.165, 1.54) is 17.7 Å². The Bertz CT molecular complexity index is 803. The van der Waals surface area contributed by atoms with Crippen LogP contribution in [0.5, 0.6) is 0 Å². The van der Waals surface area contributed by atoms with Crippen LogP contribution in [0.2, 0.25) is 10.0 Å². The van der Waals surface area contributed by atoms with E-state index in [1.807, 2.05) is 13.8 Å². The van der Waals surface area contributed by atoms with Crippen LogP contribution in [0.3, 0.4) is 0 Å². The van der Waals surface area contributed by atoms with Gasteiger partial charge in [0.15, 0.2) is 0 Å². The zero-order valence-electron chi connectivity index (χ0n) is 16.0. The Kier molecular flexibility index (Phi) is 7.19. The van der Waals surface area contributed by atoms with Crippen molar-refractivity contribution in [2.24, 2.45) is 0 Å². The normalized spacial score (nSPS) is 21.6. The number of carbonyl (C=O) groups excluding carboxylic acids is 1. The standard InChI is InChI=1S/C18H26Cl2N2O4S/c1-13-12-21(9-10-22(13)27(4,24)25)8-7-18(2,17(23)26-3)14-5-6-15(19)16(20)11-14/h5-6,11,13H,7-10,12H2,1-4H3. The quantitative estimate of drug-likeness (QED) is 0.641. The largest absolute Gasteiger partial charge is 0.468 e. The van der Waals surface area contributed by atoms with Crippen molar-refractivity contribution in [1.29, 1.82) is 0 Å². The van der Waals surface area contributed by atoms with Gasteiger partial charge in [-0.25, -0.2) is 8.42 Å². The molecule has 0 saturated carbocycles. The molecule has 2 unspecified atom stereocenters. The van der Waals surface area contributed by atoms with Gasteiger partial charge in [0.25, 0.3) is 0 Å². The van der Waals surface area contributed by atoms with Crippen molar-refractivity contribution in [1.82, 2.24) is 9.21 Å². The molecule has 27 heavy (non-hydrogen) atoms. The molecular formula is C18H26Cl2N2O4S. The number of nitrogens with zero attached hydrogens (tertiary/aromatic N) is 2. The number of hydrogen-bond acceptors (Lipinski definition) is 5. The van der Waals surface area contributed by atoms with Crippen LogP contribution in [0.1, 0.15) is 25.8 Å². The van der Waals surface area contributed by atoms with Gasteiger partial charge in [-0.3, -0.25) is 4.79 Å². The highest BCUT2D eigenvalue weighted by Crippen LogP contribution is 2.34. The number of sulfonamides is 1. The molecule has 9 heteroatoms. The monoisotopic (exact) mass is 436 g/mol. The van der Waals surface area contributed by atoms with Gasteiger partial charge in [0.2, 0.25) is 10.0 Å². The van der Waals surface area contributed by atoms with Gasteiger partial charge in [-0.05, 0) is 44.5 Å².